The van der Waals surface area contributed by atoms with Crippen LogP contribution in [0.25, 0.3) is 0 Å². The number of likely N-dealkylation sites (tertiary alicyclic amines) is 1. The molecule has 1 aliphatic carbocycles. The lowest BCUT2D eigenvalue weighted by molar-refractivity contribution is 0.0765. The van der Waals surface area contributed by atoms with Crippen molar-refractivity contribution in [1.29, 1.82) is 0 Å². The number of β-amino-alcohol motifs (C(OH)–C–C–N with tert-alkyl or cyclic N) is 1. The van der Waals surface area contributed by atoms with Gasteiger partial charge in [0, 0.05) is 35.8 Å². The van der Waals surface area contributed by atoms with Gasteiger partial charge >= 0.3 is 0 Å². The Labute approximate surface area is 177 Å². The first kappa shape index (κ1) is 20.4. The minimum absolute atomic E-state index is 0.0226. The molecule has 1 saturated heterocycles. The van der Waals surface area contributed by atoms with Crippen LogP contribution in [-0.4, -0.2) is 41.1 Å². The summed E-state index contributed by atoms with van der Waals surface area (Å²) in [6.07, 6.45) is 3.72. The minimum atomic E-state index is -0.379. The number of carbonyl (C=O) groups excluding carboxylic acids is 1. The average molecular weight is 413 g/mol. The zero-order chi connectivity index (χ0) is 20.4. The van der Waals surface area contributed by atoms with Crippen molar-refractivity contribution in [3.05, 3.63) is 70.2 Å². The third-order valence-electron chi connectivity index (χ3n) is 6.35. The fraction of sp³-hybridized carbons (Fsp3) is 0.458. The van der Waals surface area contributed by atoms with Gasteiger partial charge in [-0.15, -0.1) is 0 Å². The molecule has 1 amide bonds. The molecule has 0 radical (unpaired) electrons. The summed E-state index contributed by atoms with van der Waals surface area (Å²) in [6.45, 7) is 3.28. The molecule has 29 heavy (non-hydrogen) atoms. The Kier molecular flexibility index (Phi) is 6.23. The summed E-state index contributed by atoms with van der Waals surface area (Å²) in [4.78, 5) is 14.3. The Morgan fingerprint density at radius 3 is 2.66 bits per heavy atom. The van der Waals surface area contributed by atoms with Gasteiger partial charge in [0.15, 0.2) is 0 Å². The normalized spacial score (nSPS) is 25.3. The first-order valence-corrected chi connectivity index (χ1v) is 11.0. The predicted molar refractivity (Wildman–Crippen MR) is 116 cm³/mol. The molecule has 0 unspecified atom stereocenters. The van der Waals surface area contributed by atoms with Crippen LogP contribution in [0.5, 0.6) is 0 Å². The summed E-state index contributed by atoms with van der Waals surface area (Å²) in [7, 11) is 0. The second kappa shape index (κ2) is 8.86. The Balaban J connectivity index is 1.33. The molecule has 0 spiro atoms. The van der Waals surface area contributed by atoms with E-state index in [0.29, 0.717) is 37.0 Å². The molecule has 2 fully saturated rings. The molecule has 2 aliphatic rings. The lowest BCUT2D eigenvalue weighted by atomic mass is 9.96. The highest BCUT2D eigenvalue weighted by atomic mass is 35.5. The van der Waals surface area contributed by atoms with Crippen LogP contribution in [0.4, 0.5) is 0 Å². The molecule has 1 saturated carbocycles. The van der Waals surface area contributed by atoms with E-state index < -0.39 is 0 Å². The molecule has 4 atom stereocenters. The van der Waals surface area contributed by atoms with E-state index in [9.17, 15) is 9.90 Å². The van der Waals surface area contributed by atoms with E-state index in [2.05, 4.69) is 30.4 Å². The first-order valence-electron chi connectivity index (χ1n) is 10.6. The van der Waals surface area contributed by atoms with E-state index in [4.69, 9.17) is 11.6 Å². The Morgan fingerprint density at radius 2 is 1.97 bits per heavy atom. The van der Waals surface area contributed by atoms with Crippen LogP contribution >= 0.6 is 11.6 Å². The number of hydrogen-bond acceptors (Lipinski definition) is 3. The zero-order valence-electron chi connectivity index (χ0n) is 16.9. The first-order chi connectivity index (χ1) is 14.0. The van der Waals surface area contributed by atoms with E-state index >= 15 is 0 Å². The number of hydrogen-bond donors (Lipinski definition) is 2. The van der Waals surface area contributed by atoms with E-state index in [-0.39, 0.29) is 18.1 Å². The Bertz CT molecular complexity index is 854. The molecule has 154 valence electrons. The highest BCUT2D eigenvalue weighted by Crippen LogP contribution is 2.35. The molecule has 2 aromatic carbocycles. The second-order valence-electron chi connectivity index (χ2n) is 8.47. The van der Waals surface area contributed by atoms with Gasteiger partial charge in [-0.2, -0.15) is 0 Å². The number of aliphatic hydroxyl groups excluding tert-OH is 1. The van der Waals surface area contributed by atoms with E-state index in [1.807, 2.05) is 30.3 Å². The van der Waals surface area contributed by atoms with Gasteiger partial charge in [-0.25, -0.2) is 0 Å². The number of aliphatic hydroxyl groups is 1. The van der Waals surface area contributed by atoms with Gasteiger partial charge in [-0.3, -0.25) is 4.79 Å². The monoisotopic (exact) mass is 412 g/mol. The van der Waals surface area contributed by atoms with Crippen LogP contribution in [0.15, 0.2) is 48.5 Å². The van der Waals surface area contributed by atoms with Gasteiger partial charge in [-0.1, -0.05) is 35.9 Å². The summed E-state index contributed by atoms with van der Waals surface area (Å²) in [5, 5.41) is 14.2. The van der Waals surface area contributed by atoms with E-state index in [0.717, 1.165) is 24.3 Å². The topological polar surface area (TPSA) is 52.6 Å². The van der Waals surface area contributed by atoms with Gasteiger partial charge in [0.2, 0.25) is 0 Å². The van der Waals surface area contributed by atoms with E-state index in [1.54, 1.807) is 4.90 Å². The smallest absolute Gasteiger partial charge is 0.253 e. The van der Waals surface area contributed by atoms with Gasteiger partial charge in [0.05, 0.1) is 6.10 Å². The van der Waals surface area contributed by atoms with Crippen molar-refractivity contribution in [2.45, 2.75) is 56.7 Å². The van der Waals surface area contributed by atoms with Crippen LogP contribution in [0.3, 0.4) is 0 Å². The molecular weight excluding hydrogens is 384 g/mol. The number of amides is 1. The van der Waals surface area contributed by atoms with Crippen molar-refractivity contribution in [3.63, 3.8) is 0 Å². The van der Waals surface area contributed by atoms with Crippen molar-refractivity contribution in [2.24, 2.45) is 0 Å². The maximum absolute atomic E-state index is 12.6. The largest absolute Gasteiger partial charge is 0.391 e. The van der Waals surface area contributed by atoms with Crippen LogP contribution in [0.2, 0.25) is 5.02 Å². The molecule has 4 nitrogen and oxygen atoms in total. The molecule has 4 rings (SSSR count). The molecular formula is C24H29ClN2O2. The molecule has 1 aliphatic heterocycles. The zero-order valence-corrected chi connectivity index (χ0v) is 17.6. The molecule has 0 aromatic heterocycles. The average Bonchev–Trinajstić information content (AvgIpc) is 3.37. The number of nitrogens with one attached hydrogen (secondary N) is 1. The fourth-order valence-corrected chi connectivity index (χ4v) is 4.87. The van der Waals surface area contributed by atoms with Crippen molar-refractivity contribution < 1.29 is 9.90 Å². The number of benzene rings is 2. The fourth-order valence-electron chi connectivity index (χ4n) is 4.67. The summed E-state index contributed by atoms with van der Waals surface area (Å²) >= 11 is 6.13. The van der Waals surface area contributed by atoms with Crippen LogP contribution < -0.4 is 5.32 Å². The maximum Gasteiger partial charge on any atom is 0.253 e. The third kappa shape index (κ3) is 4.82. The standard InChI is InChI=1S/C24H29ClN2O2/c1-16(19-3-2-4-21(25)13-19)26-22-10-9-20(14-22)17-5-7-18(8-6-17)24(29)27-12-11-23(28)15-27/h2-8,13,16,20,22-23,26,28H,9-12,14-15H2,1H3/t16-,20-,22+,23+/m1/s1. The predicted octanol–water partition coefficient (Wildman–Crippen LogP) is 4.53. The Hall–Kier alpha value is -1.88. The molecule has 5 heteroatoms. The van der Waals surface area contributed by atoms with Gasteiger partial charge in [-0.05, 0) is 73.9 Å². The van der Waals surface area contributed by atoms with Crippen LogP contribution in [-0.2, 0) is 0 Å². The molecule has 0 bridgehead atoms. The van der Waals surface area contributed by atoms with Crippen molar-refractivity contribution in [2.75, 3.05) is 13.1 Å². The molecule has 1 heterocycles. The van der Waals surface area contributed by atoms with Gasteiger partial charge in [0.1, 0.15) is 0 Å². The lowest BCUT2D eigenvalue weighted by Gasteiger charge is -2.20. The summed E-state index contributed by atoms with van der Waals surface area (Å²) in [5.41, 5.74) is 3.24. The van der Waals surface area contributed by atoms with E-state index in [1.165, 1.54) is 11.1 Å². The number of carbonyl (C=O) groups is 1. The minimum Gasteiger partial charge on any atom is -0.391 e. The SMILES string of the molecule is C[C@@H](N[C@H]1CC[C@@H](c2ccc(C(=O)N3CC[C@H](O)C3)cc2)C1)c1cccc(Cl)c1. The summed E-state index contributed by atoms with van der Waals surface area (Å²) < 4.78 is 0. The van der Waals surface area contributed by atoms with Crippen molar-refractivity contribution in [3.8, 4) is 0 Å². The van der Waals surface area contributed by atoms with Gasteiger partial charge in [0.25, 0.3) is 5.91 Å². The number of rotatable bonds is 5. The lowest BCUT2D eigenvalue weighted by Crippen LogP contribution is -2.29. The highest BCUT2D eigenvalue weighted by molar-refractivity contribution is 6.30. The van der Waals surface area contributed by atoms with Crippen LogP contribution in [0.1, 0.15) is 66.1 Å². The Morgan fingerprint density at radius 1 is 1.17 bits per heavy atom. The second-order valence-corrected chi connectivity index (χ2v) is 8.90. The van der Waals surface area contributed by atoms with Gasteiger partial charge < -0.3 is 15.3 Å². The molecule has 2 N–H and O–H groups in total. The molecule has 2 aromatic rings. The van der Waals surface area contributed by atoms with Crippen molar-refractivity contribution in [1.82, 2.24) is 10.2 Å². The van der Waals surface area contributed by atoms with Crippen LogP contribution in [0, 0.1) is 0 Å². The summed E-state index contributed by atoms with van der Waals surface area (Å²) in [5.74, 6) is 0.547. The summed E-state index contributed by atoms with van der Waals surface area (Å²) in [6, 6.07) is 16.9. The third-order valence-corrected chi connectivity index (χ3v) is 6.58. The highest BCUT2D eigenvalue weighted by Gasteiger charge is 2.28. The number of nitrogens with zero attached hydrogens (tertiary/aromatic N) is 1. The quantitative estimate of drug-likeness (QED) is 0.758. The maximum atomic E-state index is 12.6. The van der Waals surface area contributed by atoms with Crippen molar-refractivity contribution >= 4 is 17.5 Å². The number of halogens is 1.